The molecule has 0 bridgehead atoms. The Labute approximate surface area is 82.0 Å². The fraction of sp³-hybridized carbons (Fsp3) is 0.400. The van der Waals surface area contributed by atoms with Crippen molar-refractivity contribution in [2.24, 2.45) is 5.73 Å². The second kappa shape index (κ2) is 4.81. The van der Waals surface area contributed by atoms with E-state index in [4.69, 9.17) is 15.9 Å². The zero-order valence-corrected chi connectivity index (χ0v) is 7.83. The molecule has 0 aliphatic heterocycles. The van der Waals surface area contributed by atoms with Crippen LogP contribution in [0, 0.1) is 5.82 Å². The highest BCUT2D eigenvalue weighted by atomic mass is 19.1. The number of hydrogen-bond acceptors (Lipinski definition) is 3. The molecule has 0 aliphatic carbocycles. The Morgan fingerprint density at radius 2 is 1.93 bits per heavy atom. The van der Waals surface area contributed by atoms with Crippen molar-refractivity contribution in [1.29, 1.82) is 0 Å². The van der Waals surface area contributed by atoms with Crippen LogP contribution in [0.25, 0.3) is 0 Å². The monoisotopic (exact) mass is 199 g/mol. The predicted octanol–water partition coefficient (Wildman–Crippen LogP) is 1.52. The normalized spacial score (nSPS) is 10.4. The van der Waals surface area contributed by atoms with Gasteiger partial charge in [-0.15, -0.1) is 0 Å². The maximum atomic E-state index is 13.2. The quantitative estimate of drug-likeness (QED) is 0.508. The molecule has 14 heavy (non-hydrogen) atoms. The van der Waals surface area contributed by atoms with Crippen molar-refractivity contribution >= 4 is 0 Å². The molecule has 0 radical (unpaired) electrons. The van der Waals surface area contributed by atoms with E-state index in [1.165, 1.54) is 12.1 Å². The minimum absolute atomic E-state index is 0.411. The first-order valence-corrected chi connectivity index (χ1v) is 4.56. The molecule has 1 rings (SSSR count). The van der Waals surface area contributed by atoms with Crippen LogP contribution in [0.5, 0.6) is 11.5 Å². The average molecular weight is 199 g/mol. The lowest BCUT2D eigenvalue weighted by Gasteiger charge is -2.05. The van der Waals surface area contributed by atoms with Crippen molar-refractivity contribution in [3.05, 3.63) is 23.5 Å². The minimum atomic E-state index is -0.734. The Hall–Kier alpha value is -1.29. The summed E-state index contributed by atoms with van der Waals surface area (Å²) in [6, 6.07) is 2.76. The van der Waals surface area contributed by atoms with Crippen LogP contribution >= 0.6 is 0 Å². The van der Waals surface area contributed by atoms with Crippen molar-refractivity contribution in [2.45, 2.75) is 19.3 Å². The highest BCUT2D eigenvalue weighted by Gasteiger charge is 2.10. The first-order chi connectivity index (χ1) is 6.66. The van der Waals surface area contributed by atoms with E-state index >= 15 is 0 Å². The van der Waals surface area contributed by atoms with Crippen LogP contribution in [0.15, 0.2) is 12.1 Å². The van der Waals surface area contributed by atoms with E-state index in [-0.39, 0.29) is 0 Å². The molecule has 0 saturated heterocycles. The third kappa shape index (κ3) is 2.35. The largest absolute Gasteiger partial charge is 0.504 e. The van der Waals surface area contributed by atoms with E-state index in [9.17, 15) is 4.39 Å². The summed E-state index contributed by atoms with van der Waals surface area (Å²) in [5.74, 6) is -1.83. The Bertz CT molecular complexity index is 315. The number of rotatable bonds is 4. The summed E-state index contributed by atoms with van der Waals surface area (Å²) in [6.45, 7) is 0.575. The molecule has 1 aromatic rings. The third-order valence-corrected chi connectivity index (χ3v) is 2.08. The lowest BCUT2D eigenvalue weighted by Crippen LogP contribution is -2.00. The minimum Gasteiger partial charge on any atom is -0.504 e. The molecule has 1 aromatic carbocycles. The Morgan fingerprint density at radius 1 is 1.21 bits per heavy atom. The van der Waals surface area contributed by atoms with Gasteiger partial charge in [0.05, 0.1) is 0 Å². The standard InChI is InChI=1S/C10H14FNO2/c11-9-7(3-1-2-6-12)4-5-8(13)10(9)14/h4-5,13-14H,1-3,6,12H2. The van der Waals surface area contributed by atoms with Crippen LogP contribution in [-0.2, 0) is 6.42 Å². The summed E-state index contributed by atoms with van der Waals surface area (Å²) in [6.07, 6.45) is 2.12. The van der Waals surface area contributed by atoms with Crippen LogP contribution in [0.2, 0.25) is 0 Å². The van der Waals surface area contributed by atoms with Crippen LogP contribution in [0.4, 0.5) is 4.39 Å². The maximum Gasteiger partial charge on any atom is 0.194 e. The lowest BCUT2D eigenvalue weighted by atomic mass is 10.1. The average Bonchev–Trinajstić information content (AvgIpc) is 2.18. The molecule has 0 fully saturated rings. The maximum absolute atomic E-state index is 13.2. The molecule has 0 aromatic heterocycles. The number of nitrogens with two attached hydrogens (primary N) is 1. The zero-order chi connectivity index (χ0) is 10.6. The number of halogens is 1. The number of benzene rings is 1. The molecule has 0 unspecified atom stereocenters. The van der Waals surface area contributed by atoms with Gasteiger partial charge in [-0.3, -0.25) is 0 Å². The molecule has 0 saturated carbocycles. The number of phenols is 2. The van der Waals surface area contributed by atoms with Crippen LogP contribution in [0.3, 0.4) is 0 Å². The fourth-order valence-corrected chi connectivity index (χ4v) is 1.25. The first kappa shape index (κ1) is 10.8. The van der Waals surface area contributed by atoms with Crippen molar-refractivity contribution < 1.29 is 14.6 Å². The highest BCUT2D eigenvalue weighted by Crippen LogP contribution is 2.30. The Balaban J connectivity index is 2.73. The van der Waals surface area contributed by atoms with Crippen molar-refractivity contribution in [2.75, 3.05) is 6.54 Å². The second-order valence-corrected chi connectivity index (χ2v) is 3.15. The van der Waals surface area contributed by atoms with Gasteiger partial charge in [0.15, 0.2) is 17.3 Å². The molecule has 3 nitrogen and oxygen atoms in total. The molecule has 0 heterocycles. The summed E-state index contributed by atoms with van der Waals surface area (Å²) in [7, 11) is 0. The van der Waals surface area contributed by atoms with Crippen molar-refractivity contribution in [1.82, 2.24) is 0 Å². The van der Waals surface area contributed by atoms with E-state index in [2.05, 4.69) is 0 Å². The molecule has 0 atom stereocenters. The summed E-state index contributed by atoms with van der Waals surface area (Å²) in [5, 5.41) is 18.1. The Kier molecular flexibility index (Phi) is 3.71. The molecular formula is C10H14FNO2. The third-order valence-electron chi connectivity index (χ3n) is 2.08. The summed E-state index contributed by atoms with van der Waals surface area (Å²) in [4.78, 5) is 0. The van der Waals surface area contributed by atoms with Gasteiger partial charge in [0.1, 0.15) is 0 Å². The molecule has 78 valence electrons. The van der Waals surface area contributed by atoms with E-state index < -0.39 is 17.3 Å². The predicted molar refractivity (Wildman–Crippen MR) is 51.7 cm³/mol. The second-order valence-electron chi connectivity index (χ2n) is 3.15. The zero-order valence-electron chi connectivity index (χ0n) is 7.83. The SMILES string of the molecule is NCCCCc1ccc(O)c(O)c1F. The molecule has 4 N–H and O–H groups in total. The van der Waals surface area contributed by atoms with Gasteiger partial charge in [-0.05, 0) is 37.4 Å². The van der Waals surface area contributed by atoms with Gasteiger partial charge < -0.3 is 15.9 Å². The van der Waals surface area contributed by atoms with E-state index in [0.717, 1.165) is 12.8 Å². The summed E-state index contributed by atoms with van der Waals surface area (Å²) in [5.41, 5.74) is 5.71. The van der Waals surface area contributed by atoms with Gasteiger partial charge in [-0.25, -0.2) is 4.39 Å². The number of aromatic hydroxyl groups is 2. The molecule has 0 spiro atoms. The highest BCUT2D eigenvalue weighted by molar-refractivity contribution is 5.42. The fourth-order valence-electron chi connectivity index (χ4n) is 1.25. The first-order valence-electron chi connectivity index (χ1n) is 4.56. The van der Waals surface area contributed by atoms with Crippen LogP contribution in [-0.4, -0.2) is 16.8 Å². The molecular weight excluding hydrogens is 185 g/mol. The van der Waals surface area contributed by atoms with E-state index in [1.807, 2.05) is 0 Å². The summed E-state index contributed by atoms with van der Waals surface area (Å²) >= 11 is 0. The Morgan fingerprint density at radius 3 is 2.57 bits per heavy atom. The van der Waals surface area contributed by atoms with Crippen molar-refractivity contribution in [3.8, 4) is 11.5 Å². The van der Waals surface area contributed by atoms with Gasteiger partial charge in [0.2, 0.25) is 0 Å². The van der Waals surface area contributed by atoms with E-state index in [0.29, 0.717) is 18.5 Å². The van der Waals surface area contributed by atoms with Crippen LogP contribution < -0.4 is 5.73 Å². The van der Waals surface area contributed by atoms with Crippen LogP contribution in [0.1, 0.15) is 18.4 Å². The molecule has 4 heteroatoms. The summed E-state index contributed by atoms with van der Waals surface area (Å²) < 4.78 is 13.2. The smallest absolute Gasteiger partial charge is 0.194 e. The topological polar surface area (TPSA) is 66.5 Å². The van der Waals surface area contributed by atoms with Crippen molar-refractivity contribution in [3.63, 3.8) is 0 Å². The lowest BCUT2D eigenvalue weighted by molar-refractivity contribution is 0.376. The number of phenolic OH excluding ortho intramolecular Hbond substituents is 2. The van der Waals surface area contributed by atoms with Gasteiger partial charge in [-0.2, -0.15) is 0 Å². The number of aryl methyl sites for hydroxylation is 1. The van der Waals surface area contributed by atoms with Gasteiger partial charge in [-0.1, -0.05) is 6.07 Å². The number of hydrogen-bond donors (Lipinski definition) is 3. The number of unbranched alkanes of at least 4 members (excludes halogenated alkanes) is 1. The molecule has 0 amide bonds. The molecule has 0 aliphatic rings. The van der Waals surface area contributed by atoms with Gasteiger partial charge in [0.25, 0.3) is 0 Å². The van der Waals surface area contributed by atoms with Gasteiger partial charge >= 0.3 is 0 Å². The van der Waals surface area contributed by atoms with Gasteiger partial charge in [0, 0.05) is 0 Å². The van der Waals surface area contributed by atoms with E-state index in [1.54, 1.807) is 0 Å².